The molecule has 1 unspecified atom stereocenters. The maximum Gasteiger partial charge on any atom is 0.119 e. The third-order valence-corrected chi connectivity index (χ3v) is 2.83. The summed E-state index contributed by atoms with van der Waals surface area (Å²) >= 11 is 0. The number of ether oxygens (including phenoxy) is 1. The van der Waals surface area contributed by atoms with Crippen LogP contribution in [0.4, 0.5) is 0 Å². The van der Waals surface area contributed by atoms with Gasteiger partial charge in [-0.15, -0.1) is 0 Å². The third-order valence-electron chi connectivity index (χ3n) is 2.83. The second kappa shape index (κ2) is 5.35. The molecule has 0 bridgehead atoms. The number of rotatable bonds is 4. The van der Waals surface area contributed by atoms with Gasteiger partial charge in [0.25, 0.3) is 0 Å². The molecule has 90 valence electrons. The van der Waals surface area contributed by atoms with Gasteiger partial charge in [-0.2, -0.15) is 0 Å². The molecule has 0 saturated heterocycles. The van der Waals surface area contributed by atoms with Crippen molar-refractivity contribution in [1.82, 2.24) is 5.32 Å². The average Bonchev–Trinajstić information content (AvgIpc) is 2.19. The Labute approximate surface area is 99.0 Å². The molecular formula is C14H23NO. The molecule has 1 aromatic carbocycles. The lowest BCUT2D eigenvalue weighted by molar-refractivity contribution is 0.181. The van der Waals surface area contributed by atoms with E-state index in [0.29, 0.717) is 12.6 Å². The summed E-state index contributed by atoms with van der Waals surface area (Å²) in [4.78, 5) is 0. The van der Waals surface area contributed by atoms with Gasteiger partial charge in [-0.3, -0.25) is 0 Å². The highest BCUT2D eigenvalue weighted by Crippen LogP contribution is 2.20. The van der Waals surface area contributed by atoms with Gasteiger partial charge in [-0.05, 0) is 31.5 Å². The summed E-state index contributed by atoms with van der Waals surface area (Å²) in [6, 6.07) is 8.53. The lowest BCUT2D eigenvalue weighted by Crippen LogP contribution is -2.42. The Kier molecular flexibility index (Phi) is 4.36. The van der Waals surface area contributed by atoms with Gasteiger partial charge in [-0.1, -0.05) is 38.5 Å². The Morgan fingerprint density at radius 1 is 1.19 bits per heavy atom. The van der Waals surface area contributed by atoms with Crippen molar-refractivity contribution in [3.05, 3.63) is 29.8 Å². The van der Waals surface area contributed by atoms with Crippen molar-refractivity contribution in [2.45, 2.75) is 33.7 Å². The van der Waals surface area contributed by atoms with Crippen molar-refractivity contribution in [2.24, 2.45) is 5.41 Å². The topological polar surface area (TPSA) is 21.3 Å². The minimum Gasteiger partial charge on any atom is -0.492 e. The molecule has 2 heteroatoms. The number of nitrogens with one attached hydrogen (secondary N) is 1. The van der Waals surface area contributed by atoms with Crippen LogP contribution in [0.2, 0.25) is 0 Å². The maximum atomic E-state index is 5.78. The van der Waals surface area contributed by atoms with Crippen LogP contribution in [0.3, 0.4) is 0 Å². The number of aryl methyl sites for hydroxylation is 1. The summed E-state index contributed by atoms with van der Waals surface area (Å²) in [5.41, 5.74) is 1.47. The van der Waals surface area contributed by atoms with Gasteiger partial charge in [0.2, 0.25) is 0 Å². The highest BCUT2D eigenvalue weighted by atomic mass is 16.5. The second-order valence-electron chi connectivity index (χ2n) is 5.33. The Morgan fingerprint density at radius 3 is 2.19 bits per heavy atom. The molecule has 0 heterocycles. The number of hydrogen-bond acceptors (Lipinski definition) is 2. The Balaban J connectivity index is 2.53. The molecule has 0 fully saturated rings. The number of hydrogen-bond donors (Lipinski definition) is 1. The van der Waals surface area contributed by atoms with E-state index in [1.165, 1.54) is 5.56 Å². The Hall–Kier alpha value is -1.02. The molecule has 0 aliphatic rings. The summed E-state index contributed by atoms with van der Waals surface area (Å²) in [5.74, 6) is 0.940. The van der Waals surface area contributed by atoms with E-state index in [2.05, 4.69) is 45.1 Å². The first-order valence-corrected chi connectivity index (χ1v) is 5.80. The molecule has 0 spiro atoms. The fourth-order valence-corrected chi connectivity index (χ4v) is 1.58. The minimum atomic E-state index is 0.208. The molecule has 1 rings (SSSR count). The van der Waals surface area contributed by atoms with Crippen LogP contribution in [-0.4, -0.2) is 19.7 Å². The zero-order chi connectivity index (χ0) is 12.2. The van der Waals surface area contributed by atoms with E-state index in [0.717, 1.165) is 5.75 Å². The standard InChI is InChI=1S/C14H23NO/c1-11-6-8-12(9-7-11)16-10-13(15-5)14(2,3)4/h6-9,13,15H,10H2,1-5H3. The van der Waals surface area contributed by atoms with Crippen molar-refractivity contribution in [3.8, 4) is 5.75 Å². The largest absolute Gasteiger partial charge is 0.492 e. The van der Waals surface area contributed by atoms with Crippen molar-refractivity contribution < 1.29 is 4.74 Å². The van der Waals surface area contributed by atoms with E-state index >= 15 is 0 Å². The van der Waals surface area contributed by atoms with Gasteiger partial charge in [0.15, 0.2) is 0 Å². The zero-order valence-corrected chi connectivity index (χ0v) is 11.0. The Morgan fingerprint density at radius 2 is 1.75 bits per heavy atom. The van der Waals surface area contributed by atoms with Gasteiger partial charge in [0.1, 0.15) is 12.4 Å². The fourth-order valence-electron chi connectivity index (χ4n) is 1.58. The molecule has 16 heavy (non-hydrogen) atoms. The SMILES string of the molecule is CNC(COc1ccc(C)cc1)C(C)(C)C. The molecule has 0 aliphatic heterocycles. The van der Waals surface area contributed by atoms with Crippen LogP contribution in [0, 0.1) is 12.3 Å². The first-order chi connectivity index (χ1) is 7.43. The maximum absolute atomic E-state index is 5.78. The van der Waals surface area contributed by atoms with E-state index in [1.54, 1.807) is 0 Å². The highest BCUT2D eigenvalue weighted by Gasteiger charge is 2.23. The Bertz CT molecular complexity index is 311. The molecule has 1 atom stereocenters. The van der Waals surface area contributed by atoms with E-state index in [1.807, 2.05) is 19.2 Å². The van der Waals surface area contributed by atoms with Crippen molar-refractivity contribution >= 4 is 0 Å². The normalized spacial score (nSPS) is 13.6. The molecule has 2 nitrogen and oxygen atoms in total. The van der Waals surface area contributed by atoms with Gasteiger partial charge < -0.3 is 10.1 Å². The molecule has 0 radical (unpaired) electrons. The average molecular weight is 221 g/mol. The monoisotopic (exact) mass is 221 g/mol. The molecular weight excluding hydrogens is 198 g/mol. The first-order valence-electron chi connectivity index (χ1n) is 5.80. The number of benzene rings is 1. The predicted octanol–water partition coefficient (Wildman–Crippen LogP) is 3.01. The molecule has 1 aromatic rings. The van der Waals surface area contributed by atoms with Crippen molar-refractivity contribution in [1.29, 1.82) is 0 Å². The second-order valence-corrected chi connectivity index (χ2v) is 5.33. The van der Waals surface area contributed by atoms with Crippen LogP contribution in [-0.2, 0) is 0 Å². The highest BCUT2D eigenvalue weighted by molar-refractivity contribution is 5.26. The predicted molar refractivity (Wildman–Crippen MR) is 69.0 cm³/mol. The van der Waals surface area contributed by atoms with Crippen LogP contribution >= 0.6 is 0 Å². The fraction of sp³-hybridized carbons (Fsp3) is 0.571. The summed E-state index contributed by atoms with van der Waals surface area (Å²) in [5, 5.41) is 3.30. The van der Waals surface area contributed by atoms with E-state index in [-0.39, 0.29) is 5.41 Å². The van der Waals surface area contributed by atoms with Crippen LogP contribution in [0.1, 0.15) is 26.3 Å². The molecule has 1 N–H and O–H groups in total. The summed E-state index contributed by atoms with van der Waals surface area (Å²) in [6.07, 6.45) is 0. The lowest BCUT2D eigenvalue weighted by Gasteiger charge is -2.30. The summed E-state index contributed by atoms with van der Waals surface area (Å²) in [6.45, 7) is 9.42. The minimum absolute atomic E-state index is 0.208. The van der Waals surface area contributed by atoms with Gasteiger partial charge in [0.05, 0.1) is 0 Å². The van der Waals surface area contributed by atoms with Gasteiger partial charge in [0, 0.05) is 6.04 Å². The smallest absolute Gasteiger partial charge is 0.119 e. The van der Waals surface area contributed by atoms with Gasteiger partial charge in [-0.25, -0.2) is 0 Å². The molecule has 0 aliphatic carbocycles. The molecule has 0 amide bonds. The van der Waals surface area contributed by atoms with E-state index < -0.39 is 0 Å². The summed E-state index contributed by atoms with van der Waals surface area (Å²) < 4.78 is 5.78. The van der Waals surface area contributed by atoms with Gasteiger partial charge >= 0.3 is 0 Å². The van der Waals surface area contributed by atoms with Crippen LogP contribution in [0.25, 0.3) is 0 Å². The summed E-state index contributed by atoms with van der Waals surface area (Å²) in [7, 11) is 1.98. The molecule has 0 saturated carbocycles. The third kappa shape index (κ3) is 3.86. The quantitative estimate of drug-likeness (QED) is 0.844. The number of likely N-dealkylation sites (N-methyl/N-ethyl adjacent to an activating group) is 1. The van der Waals surface area contributed by atoms with Crippen LogP contribution in [0.5, 0.6) is 5.75 Å². The van der Waals surface area contributed by atoms with Crippen molar-refractivity contribution in [2.75, 3.05) is 13.7 Å². The lowest BCUT2D eigenvalue weighted by atomic mass is 9.87. The first kappa shape index (κ1) is 13.0. The van der Waals surface area contributed by atoms with E-state index in [4.69, 9.17) is 4.74 Å². The van der Waals surface area contributed by atoms with E-state index in [9.17, 15) is 0 Å². The van der Waals surface area contributed by atoms with Crippen LogP contribution < -0.4 is 10.1 Å². The zero-order valence-electron chi connectivity index (χ0n) is 11.0. The molecule has 0 aromatic heterocycles. The van der Waals surface area contributed by atoms with Crippen LogP contribution in [0.15, 0.2) is 24.3 Å². The van der Waals surface area contributed by atoms with Crippen molar-refractivity contribution in [3.63, 3.8) is 0 Å².